The molecule has 2 rings (SSSR count). The van der Waals surface area contributed by atoms with Gasteiger partial charge in [0.15, 0.2) is 5.82 Å². The van der Waals surface area contributed by atoms with E-state index in [1.807, 2.05) is 0 Å². The molecule has 116 valence electrons. The Morgan fingerprint density at radius 2 is 1.86 bits per heavy atom. The first-order chi connectivity index (χ1) is 10.3. The summed E-state index contributed by atoms with van der Waals surface area (Å²) in [5, 5.41) is 5.19. The zero-order valence-corrected chi connectivity index (χ0v) is 12.6. The molecular formula is C12H13N5O4S. The third-order valence-electron chi connectivity index (χ3n) is 2.97. The molecule has 0 aliphatic carbocycles. The second kappa shape index (κ2) is 5.66. The van der Waals surface area contributed by atoms with Crippen LogP contribution in [0.1, 0.15) is 15.9 Å². The fourth-order valence-corrected chi connectivity index (χ4v) is 3.10. The van der Waals surface area contributed by atoms with Crippen LogP contribution in [0.4, 0.5) is 0 Å². The minimum Gasteiger partial charge on any atom is -0.495 e. The highest BCUT2D eigenvalue weighted by atomic mass is 32.2. The van der Waals surface area contributed by atoms with Crippen molar-refractivity contribution in [2.45, 2.75) is 11.8 Å². The number of primary amides is 1. The summed E-state index contributed by atoms with van der Waals surface area (Å²) in [6, 6.07) is 1.31. The van der Waals surface area contributed by atoms with Crippen LogP contribution in [0.2, 0.25) is 0 Å². The van der Waals surface area contributed by atoms with Crippen LogP contribution >= 0.6 is 0 Å². The van der Waals surface area contributed by atoms with Crippen LogP contribution in [0.25, 0.3) is 11.4 Å². The Labute approximate surface area is 126 Å². The maximum absolute atomic E-state index is 11.8. The van der Waals surface area contributed by atoms with Gasteiger partial charge in [0.25, 0.3) is 0 Å². The van der Waals surface area contributed by atoms with Crippen molar-refractivity contribution in [3.63, 3.8) is 0 Å². The van der Waals surface area contributed by atoms with Gasteiger partial charge in [-0.1, -0.05) is 0 Å². The number of hydrogen-bond acceptors (Lipinski definition) is 7. The quantitative estimate of drug-likeness (QED) is 0.776. The molecule has 0 aliphatic heterocycles. The summed E-state index contributed by atoms with van der Waals surface area (Å²) in [7, 11) is -2.83. The maximum atomic E-state index is 11.8. The second-order valence-electron chi connectivity index (χ2n) is 4.33. The standard InChI is InChI=1S/C12H13N5O4S/c1-6-9(11(13)18)7(12-16-4-15-5-17-12)3-8(21-2)10(6)22(14,19)20/h3-5H,1-2H3,(H2,13,18)(H2,14,19,20). The van der Waals surface area contributed by atoms with E-state index < -0.39 is 15.9 Å². The molecule has 4 N–H and O–H groups in total. The lowest BCUT2D eigenvalue weighted by Crippen LogP contribution is -2.21. The molecule has 0 unspecified atom stereocenters. The lowest BCUT2D eigenvalue weighted by molar-refractivity contribution is 0.1000. The predicted molar refractivity (Wildman–Crippen MR) is 76.4 cm³/mol. The number of aromatic nitrogens is 3. The van der Waals surface area contributed by atoms with Crippen LogP contribution in [0.5, 0.6) is 5.75 Å². The first-order valence-electron chi connectivity index (χ1n) is 5.94. The molecule has 2 aromatic rings. The molecule has 0 radical (unpaired) electrons. The summed E-state index contributed by atoms with van der Waals surface area (Å²) in [5.74, 6) is -0.702. The van der Waals surface area contributed by atoms with Gasteiger partial charge in [-0.15, -0.1) is 0 Å². The van der Waals surface area contributed by atoms with Crippen molar-refractivity contribution in [1.29, 1.82) is 0 Å². The normalized spacial score (nSPS) is 11.2. The van der Waals surface area contributed by atoms with Crippen molar-refractivity contribution in [3.05, 3.63) is 29.8 Å². The van der Waals surface area contributed by atoms with E-state index in [2.05, 4.69) is 15.0 Å². The first kappa shape index (κ1) is 15.8. The van der Waals surface area contributed by atoms with Gasteiger partial charge in [-0.25, -0.2) is 28.5 Å². The predicted octanol–water partition coefficient (Wildman–Crippen LogP) is -0.398. The summed E-state index contributed by atoms with van der Waals surface area (Å²) in [5.41, 5.74) is 5.63. The Kier molecular flexibility index (Phi) is 4.06. The average Bonchev–Trinajstić information content (AvgIpc) is 2.45. The maximum Gasteiger partial charge on any atom is 0.249 e. The van der Waals surface area contributed by atoms with Gasteiger partial charge in [0.05, 0.1) is 12.7 Å². The largest absolute Gasteiger partial charge is 0.495 e. The van der Waals surface area contributed by atoms with E-state index in [1.54, 1.807) is 0 Å². The van der Waals surface area contributed by atoms with Crippen molar-refractivity contribution in [2.75, 3.05) is 7.11 Å². The van der Waals surface area contributed by atoms with Crippen molar-refractivity contribution in [2.24, 2.45) is 10.9 Å². The minimum atomic E-state index is -4.12. The molecule has 1 aromatic heterocycles. The number of benzene rings is 1. The topological polar surface area (TPSA) is 151 Å². The molecule has 0 spiro atoms. The fourth-order valence-electron chi connectivity index (χ4n) is 2.15. The second-order valence-corrected chi connectivity index (χ2v) is 5.82. The van der Waals surface area contributed by atoms with Crippen LogP contribution in [0.15, 0.2) is 23.6 Å². The van der Waals surface area contributed by atoms with Gasteiger partial charge in [0, 0.05) is 5.56 Å². The monoisotopic (exact) mass is 323 g/mol. The number of primary sulfonamides is 1. The van der Waals surface area contributed by atoms with E-state index in [1.165, 1.54) is 32.8 Å². The number of nitrogens with zero attached hydrogens (tertiary/aromatic N) is 3. The van der Waals surface area contributed by atoms with Crippen molar-refractivity contribution >= 4 is 15.9 Å². The van der Waals surface area contributed by atoms with Crippen molar-refractivity contribution < 1.29 is 17.9 Å². The average molecular weight is 323 g/mol. The Morgan fingerprint density at radius 3 is 2.32 bits per heavy atom. The van der Waals surface area contributed by atoms with Gasteiger partial charge in [0.2, 0.25) is 15.9 Å². The summed E-state index contributed by atoms with van der Waals surface area (Å²) in [6.07, 6.45) is 2.48. The smallest absolute Gasteiger partial charge is 0.249 e. The van der Waals surface area contributed by atoms with Crippen LogP contribution in [0, 0.1) is 6.92 Å². The Balaban J connectivity index is 2.93. The molecule has 1 aromatic carbocycles. The molecule has 22 heavy (non-hydrogen) atoms. The summed E-state index contributed by atoms with van der Waals surface area (Å²) >= 11 is 0. The molecule has 0 fully saturated rings. The number of rotatable bonds is 4. The van der Waals surface area contributed by atoms with Gasteiger partial charge < -0.3 is 10.5 Å². The number of carbonyl (C=O) groups excluding carboxylic acids is 1. The molecule has 10 heteroatoms. The van der Waals surface area contributed by atoms with Gasteiger partial charge in [-0.05, 0) is 18.6 Å². The fraction of sp³-hybridized carbons (Fsp3) is 0.167. The van der Waals surface area contributed by atoms with Crippen LogP contribution in [-0.2, 0) is 10.0 Å². The zero-order chi connectivity index (χ0) is 16.5. The van der Waals surface area contributed by atoms with Gasteiger partial charge in [0.1, 0.15) is 23.3 Å². The van der Waals surface area contributed by atoms with E-state index in [0.717, 1.165) is 0 Å². The molecule has 0 saturated carbocycles. The summed E-state index contributed by atoms with van der Waals surface area (Å²) < 4.78 is 28.6. The number of nitrogens with two attached hydrogens (primary N) is 2. The molecule has 0 aliphatic rings. The van der Waals surface area contributed by atoms with Crippen LogP contribution < -0.4 is 15.6 Å². The molecule has 0 atom stereocenters. The first-order valence-corrected chi connectivity index (χ1v) is 7.48. The van der Waals surface area contributed by atoms with E-state index in [0.29, 0.717) is 0 Å². The Morgan fingerprint density at radius 1 is 1.27 bits per heavy atom. The zero-order valence-electron chi connectivity index (χ0n) is 11.8. The van der Waals surface area contributed by atoms with Crippen LogP contribution in [-0.4, -0.2) is 36.4 Å². The number of methoxy groups -OCH3 is 1. The number of ether oxygens (including phenoxy) is 1. The van der Waals surface area contributed by atoms with Gasteiger partial charge >= 0.3 is 0 Å². The molecule has 1 amide bonds. The molecule has 0 bridgehead atoms. The SMILES string of the molecule is COc1cc(-c2ncncn2)c(C(N)=O)c(C)c1S(N)(=O)=O. The van der Waals surface area contributed by atoms with Crippen molar-refractivity contribution in [3.8, 4) is 17.1 Å². The van der Waals surface area contributed by atoms with E-state index in [4.69, 9.17) is 15.6 Å². The number of carbonyl (C=O) groups is 1. The third-order valence-corrected chi connectivity index (χ3v) is 4.05. The molecule has 9 nitrogen and oxygen atoms in total. The Bertz CT molecular complexity index is 836. The van der Waals surface area contributed by atoms with E-state index >= 15 is 0 Å². The summed E-state index contributed by atoms with van der Waals surface area (Å²) in [6.45, 7) is 1.41. The summed E-state index contributed by atoms with van der Waals surface area (Å²) in [4.78, 5) is 23.0. The number of hydrogen-bond donors (Lipinski definition) is 2. The van der Waals surface area contributed by atoms with Gasteiger partial charge in [-0.3, -0.25) is 4.79 Å². The lowest BCUT2D eigenvalue weighted by atomic mass is 10.00. The third kappa shape index (κ3) is 2.73. The lowest BCUT2D eigenvalue weighted by Gasteiger charge is -2.16. The number of amides is 1. The minimum absolute atomic E-state index is 0.0274. The van der Waals surface area contributed by atoms with E-state index in [-0.39, 0.29) is 33.2 Å². The molecule has 0 saturated heterocycles. The highest BCUT2D eigenvalue weighted by Gasteiger charge is 2.27. The molecular weight excluding hydrogens is 310 g/mol. The highest BCUT2D eigenvalue weighted by molar-refractivity contribution is 7.89. The van der Waals surface area contributed by atoms with Crippen LogP contribution in [0.3, 0.4) is 0 Å². The molecule has 1 heterocycles. The Hall–Kier alpha value is -2.59. The number of sulfonamides is 1. The van der Waals surface area contributed by atoms with E-state index in [9.17, 15) is 13.2 Å². The highest BCUT2D eigenvalue weighted by Crippen LogP contribution is 2.35. The van der Waals surface area contributed by atoms with Gasteiger partial charge in [-0.2, -0.15) is 0 Å². The van der Waals surface area contributed by atoms with Crippen molar-refractivity contribution in [1.82, 2.24) is 15.0 Å².